The van der Waals surface area contributed by atoms with Gasteiger partial charge in [0.15, 0.2) is 0 Å². The Kier molecular flexibility index (Phi) is 4.83. The molecule has 0 aliphatic rings. The Bertz CT molecular complexity index is 1210. The Morgan fingerprint density at radius 3 is 2.66 bits per heavy atom. The van der Waals surface area contributed by atoms with Gasteiger partial charge in [-0.1, -0.05) is 42.0 Å². The van der Waals surface area contributed by atoms with Crippen LogP contribution in [0.2, 0.25) is 0 Å². The molecule has 0 unspecified atom stereocenters. The second kappa shape index (κ2) is 7.59. The zero-order valence-electron chi connectivity index (χ0n) is 15.9. The normalized spacial score (nSPS) is 10.8. The Morgan fingerprint density at radius 2 is 1.93 bits per heavy atom. The second-order valence-electron chi connectivity index (χ2n) is 6.92. The summed E-state index contributed by atoms with van der Waals surface area (Å²) >= 11 is 0. The fourth-order valence-corrected chi connectivity index (χ4v) is 3.39. The maximum absolute atomic E-state index is 11.4. The van der Waals surface area contributed by atoms with Crippen LogP contribution in [-0.4, -0.2) is 21.9 Å². The number of anilines is 1. The van der Waals surface area contributed by atoms with Crippen molar-refractivity contribution in [3.8, 4) is 11.3 Å². The number of aryl methyl sites for hydroxylation is 1. The van der Waals surface area contributed by atoms with Crippen LogP contribution in [0.3, 0.4) is 0 Å². The molecule has 2 heterocycles. The number of nitrogens with zero attached hydrogens (tertiary/aromatic N) is 2. The van der Waals surface area contributed by atoms with E-state index in [0.29, 0.717) is 18.6 Å². The molecule has 0 bridgehead atoms. The maximum atomic E-state index is 11.4. The first-order valence-corrected chi connectivity index (χ1v) is 9.21. The van der Waals surface area contributed by atoms with Gasteiger partial charge in [0.05, 0.1) is 16.9 Å². The number of hydrogen-bond donors (Lipinski definition) is 2. The third-order valence-electron chi connectivity index (χ3n) is 4.87. The Labute approximate surface area is 168 Å². The number of nitrogens with one attached hydrogen (secondary N) is 1. The van der Waals surface area contributed by atoms with Gasteiger partial charge in [-0.2, -0.15) is 0 Å². The first-order valence-electron chi connectivity index (χ1n) is 9.21. The molecule has 2 amide bonds. The number of carbonyl (C=O) groups excluding carboxylic acids is 2. The standard InChI is InChI=1S/C23H20N4O2/c1-15-5-7-16(8-6-15)12-27-13-21(25-14-28)18-11-17(9-10-22(18)27)19-3-2-4-20(26-19)23(24)29/h2-11,13-14H,12H2,1H3,(H2,24,29)(H,25,28). The Balaban J connectivity index is 1.78. The van der Waals surface area contributed by atoms with Crippen molar-refractivity contribution in [1.29, 1.82) is 0 Å². The summed E-state index contributed by atoms with van der Waals surface area (Å²) in [5, 5.41) is 3.67. The van der Waals surface area contributed by atoms with Crippen molar-refractivity contribution in [2.75, 3.05) is 5.32 Å². The average molecular weight is 384 g/mol. The van der Waals surface area contributed by atoms with Crippen LogP contribution in [0.1, 0.15) is 21.6 Å². The van der Waals surface area contributed by atoms with Gasteiger partial charge in [0.1, 0.15) is 5.69 Å². The molecule has 0 spiro atoms. The topological polar surface area (TPSA) is 90.0 Å². The molecule has 0 aliphatic heterocycles. The van der Waals surface area contributed by atoms with Crippen LogP contribution in [0.15, 0.2) is 66.9 Å². The molecule has 2 aromatic heterocycles. The van der Waals surface area contributed by atoms with Crippen LogP contribution in [0, 0.1) is 6.92 Å². The van der Waals surface area contributed by atoms with Gasteiger partial charge in [-0.05, 0) is 36.8 Å². The van der Waals surface area contributed by atoms with Crippen molar-refractivity contribution in [1.82, 2.24) is 9.55 Å². The number of amides is 2. The van der Waals surface area contributed by atoms with Crippen molar-refractivity contribution >= 4 is 28.9 Å². The summed E-state index contributed by atoms with van der Waals surface area (Å²) in [5.41, 5.74) is 11.1. The van der Waals surface area contributed by atoms with E-state index in [1.54, 1.807) is 12.1 Å². The number of benzene rings is 2. The minimum atomic E-state index is -0.569. The highest BCUT2D eigenvalue weighted by molar-refractivity contribution is 5.99. The molecule has 4 aromatic rings. The zero-order valence-corrected chi connectivity index (χ0v) is 15.9. The maximum Gasteiger partial charge on any atom is 0.267 e. The lowest BCUT2D eigenvalue weighted by molar-refractivity contribution is -0.105. The van der Waals surface area contributed by atoms with Crippen LogP contribution >= 0.6 is 0 Å². The molecule has 4 rings (SSSR count). The molecule has 0 aliphatic carbocycles. The molecule has 6 heteroatoms. The van der Waals surface area contributed by atoms with E-state index in [-0.39, 0.29) is 5.69 Å². The van der Waals surface area contributed by atoms with Crippen molar-refractivity contribution < 1.29 is 9.59 Å². The third kappa shape index (κ3) is 3.73. The highest BCUT2D eigenvalue weighted by Gasteiger charge is 2.12. The number of pyridine rings is 1. The molecule has 6 nitrogen and oxygen atoms in total. The summed E-state index contributed by atoms with van der Waals surface area (Å²) in [6.07, 6.45) is 2.60. The van der Waals surface area contributed by atoms with Crippen LogP contribution in [0.25, 0.3) is 22.2 Å². The molecule has 29 heavy (non-hydrogen) atoms. The van der Waals surface area contributed by atoms with E-state index in [1.807, 2.05) is 30.5 Å². The highest BCUT2D eigenvalue weighted by Crippen LogP contribution is 2.31. The lowest BCUT2D eigenvalue weighted by Gasteiger charge is -2.07. The third-order valence-corrected chi connectivity index (χ3v) is 4.87. The van der Waals surface area contributed by atoms with Crippen molar-refractivity contribution in [3.05, 3.63) is 83.7 Å². The molecular weight excluding hydrogens is 364 g/mol. The Hall–Kier alpha value is -3.93. The smallest absolute Gasteiger partial charge is 0.267 e. The monoisotopic (exact) mass is 384 g/mol. The summed E-state index contributed by atoms with van der Waals surface area (Å²) in [4.78, 5) is 26.9. The quantitative estimate of drug-likeness (QED) is 0.496. The van der Waals surface area contributed by atoms with Gasteiger partial charge in [-0.3, -0.25) is 9.59 Å². The van der Waals surface area contributed by atoms with Crippen molar-refractivity contribution in [2.24, 2.45) is 5.73 Å². The molecule has 0 saturated carbocycles. The fraction of sp³-hybridized carbons (Fsp3) is 0.0870. The molecule has 0 saturated heterocycles. The number of fused-ring (bicyclic) bond motifs is 1. The molecular formula is C23H20N4O2. The Morgan fingerprint density at radius 1 is 1.14 bits per heavy atom. The molecule has 0 radical (unpaired) electrons. The van der Waals surface area contributed by atoms with E-state index in [4.69, 9.17) is 5.73 Å². The van der Waals surface area contributed by atoms with E-state index in [1.165, 1.54) is 11.1 Å². The summed E-state index contributed by atoms with van der Waals surface area (Å²) < 4.78 is 2.10. The largest absolute Gasteiger partial charge is 0.364 e. The molecule has 2 aromatic carbocycles. The van der Waals surface area contributed by atoms with E-state index in [2.05, 4.69) is 46.1 Å². The van der Waals surface area contributed by atoms with Gasteiger partial charge in [-0.15, -0.1) is 0 Å². The fourth-order valence-electron chi connectivity index (χ4n) is 3.39. The second-order valence-corrected chi connectivity index (χ2v) is 6.92. The molecule has 3 N–H and O–H groups in total. The minimum absolute atomic E-state index is 0.214. The van der Waals surface area contributed by atoms with Crippen LogP contribution in [0.4, 0.5) is 5.69 Å². The number of hydrogen-bond acceptors (Lipinski definition) is 3. The van der Waals surface area contributed by atoms with Gasteiger partial charge in [-0.25, -0.2) is 4.98 Å². The predicted molar refractivity (Wildman–Crippen MR) is 114 cm³/mol. The summed E-state index contributed by atoms with van der Waals surface area (Å²) in [5.74, 6) is -0.569. The molecule has 0 atom stereocenters. The van der Waals surface area contributed by atoms with Gasteiger partial charge in [0, 0.05) is 23.7 Å². The SMILES string of the molecule is Cc1ccc(Cn2cc(NC=O)c3cc(-c4cccc(C(N)=O)n4)ccc32)cc1. The van der Waals surface area contributed by atoms with E-state index >= 15 is 0 Å². The number of primary amides is 1. The van der Waals surface area contributed by atoms with Gasteiger partial charge < -0.3 is 15.6 Å². The number of carbonyl (C=O) groups is 2. The summed E-state index contributed by atoms with van der Waals surface area (Å²) in [6, 6.07) is 19.4. The number of rotatable bonds is 6. The van der Waals surface area contributed by atoms with Crippen LogP contribution in [-0.2, 0) is 11.3 Å². The lowest BCUT2D eigenvalue weighted by Crippen LogP contribution is -2.12. The zero-order chi connectivity index (χ0) is 20.4. The first-order chi connectivity index (χ1) is 14.0. The van der Waals surface area contributed by atoms with Gasteiger partial charge >= 0.3 is 0 Å². The van der Waals surface area contributed by atoms with Gasteiger partial charge in [0.25, 0.3) is 5.91 Å². The van der Waals surface area contributed by atoms with Crippen LogP contribution in [0.5, 0.6) is 0 Å². The van der Waals surface area contributed by atoms with Gasteiger partial charge in [0.2, 0.25) is 6.41 Å². The highest BCUT2D eigenvalue weighted by atomic mass is 16.1. The van der Waals surface area contributed by atoms with Crippen molar-refractivity contribution in [2.45, 2.75) is 13.5 Å². The minimum Gasteiger partial charge on any atom is -0.364 e. The van der Waals surface area contributed by atoms with E-state index < -0.39 is 5.91 Å². The van der Waals surface area contributed by atoms with Crippen LogP contribution < -0.4 is 11.1 Å². The lowest BCUT2D eigenvalue weighted by atomic mass is 10.1. The molecule has 144 valence electrons. The predicted octanol–water partition coefficient (Wildman–Crippen LogP) is 3.73. The van der Waals surface area contributed by atoms with E-state index in [9.17, 15) is 9.59 Å². The summed E-state index contributed by atoms with van der Waals surface area (Å²) in [7, 11) is 0. The molecule has 0 fully saturated rings. The average Bonchev–Trinajstić information content (AvgIpc) is 3.07. The number of nitrogens with two attached hydrogens (primary N) is 1. The summed E-state index contributed by atoms with van der Waals surface area (Å²) in [6.45, 7) is 2.75. The van der Waals surface area contributed by atoms with E-state index in [0.717, 1.165) is 22.2 Å². The van der Waals surface area contributed by atoms with Crippen molar-refractivity contribution in [3.63, 3.8) is 0 Å². The first kappa shape index (κ1) is 18.4. The number of aromatic nitrogens is 2.